The van der Waals surface area contributed by atoms with Gasteiger partial charge < -0.3 is 15.8 Å². The third-order valence-corrected chi connectivity index (χ3v) is 2.59. The van der Waals surface area contributed by atoms with Crippen LogP contribution in [0.4, 0.5) is 11.4 Å². The molecule has 1 aromatic carbocycles. The highest BCUT2D eigenvalue weighted by atomic mass is 35.5. The molecule has 0 atom stereocenters. The number of anilines is 2. The second-order valence-corrected chi connectivity index (χ2v) is 4.72. The van der Waals surface area contributed by atoms with Crippen molar-refractivity contribution in [2.24, 2.45) is 0 Å². The predicted molar refractivity (Wildman–Crippen MR) is 74.7 cm³/mol. The van der Waals surface area contributed by atoms with E-state index in [1.165, 1.54) is 0 Å². The van der Waals surface area contributed by atoms with Gasteiger partial charge in [0.1, 0.15) is 0 Å². The van der Waals surface area contributed by atoms with Gasteiger partial charge >= 0.3 is 0 Å². The molecular weight excluding hydrogens is 236 g/mol. The number of rotatable bonds is 7. The molecule has 0 bridgehead atoms. The van der Waals surface area contributed by atoms with Gasteiger partial charge in [-0.05, 0) is 44.9 Å². The number of unbranched alkanes of at least 4 members (excludes halogenated alkanes) is 1. The SMILES string of the molecule is CC(C)OCCCCNc1ccc(Cl)cc1N. The first kappa shape index (κ1) is 14.1. The lowest BCUT2D eigenvalue weighted by Gasteiger charge is -2.10. The summed E-state index contributed by atoms with van der Waals surface area (Å²) in [5.41, 5.74) is 7.46. The molecule has 0 heterocycles. The molecule has 0 aliphatic heterocycles. The average Bonchev–Trinajstić information content (AvgIpc) is 2.25. The molecular formula is C13H21ClN2O. The quantitative estimate of drug-likeness (QED) is 0.579. The average molecular weight is 257 g/mol. The first-order valence-corrected chi connectivity index (χ1v) is 6.38. The number of halogens is 1. The Balaban J connectivity index is 2.18. The van der Waals surface area contributed by atoms with Crippen LogP contribution in [0.5, 0.6) is 0 Å². The third-order valence-electron chi connectivity index (χ3n) is 2.35. The number of nitrogens with two attached hydrogens (primary N) is 1. The second-order valence-electron chi connectivity index (χ2n) is 4.29. The van der Waals surface area contributed by atoms with Gasteiger partial charge in [0.2, 0.25) is 0 Å². The van der Waals surface area contributed by atoms with Crippen LogP contribution in [0.15, 0.2) is 18.2 Å². The van der Waals surface area contributed by atoms with E-state index in [9.17, 15) is 0 Å². The zero-order valence-electron chi connectivity index (χ0n) is 10.5. The molecule has 0 aromatic heterocycles. The van der Waals surface area contributed by atoms with Gasteiger partial charge in [0.05, 0.1) is 17.5 Å². The lowest BCUT2D eigenvalue weighted by molar-refractivity contribution is 0.0765. The van der Waals surface area contributed by atoms with Crippen molar-refractivity contribution in [2.75, 3.05) is 24.2 Å². The summed E-state index contributed by atoms with van der Waals surface area (Å²) in [6, 6.07) is 5.50. The van der Waals surface area contributed by atoms with Crippen molar-refractivity contribution in [1.29, 1.82) is 0 Å². The summed E-state index contributed by atoms with van der Waals surface area (Å²) in [5, 5.41) is 3.95. The smallest absolute Gasteiger partial charge is 0.0574 e. The Morgan fingerprint density at radius 2 is 2.12 bits per heavy atom. The van der Waals surface area contributed by atoms with E-state index in [1.807, 2.05) is 26.0 Å². The van der Waals surface area contributed by atoms with Gasteiger partial charge in [0.15, 0.2) is 0 Å². The molecule has 0 amide bonds. The number of hydrogen-bond donors (Lipinski definition) is 2. The Hall–Kier alpha value is -0.930. The minimum atomic E-state index is 0.315. The maximum Gasteiger partial charge on any atom is 0.0574 e. The molecule has 0 aliphatic rings. The summed E-state index contributed by atoms with van der Waals surface area (Å²) >= 11 is 5.82. The van der Waals surface area contributed by atoms with E-state index >= 15 is 0 Å². The highest BCUT2D eigenvalue weighted by Gasteiger charge is 1.99. The van der Waals surface area contributed by atoms with Gasteiger partial charge in [-0.1, -0.05) is 11.6 Å². The molecule has 0 radical (unpaired) electrons. The van der Waals surface area contributed by atoms with Crippen molar-refractivity contribution in [1.82, 2.24) is 0 Å². The lowest BCUT2D eigenvalue weighted by Crippen LogP contribution is -2.07. The number of hydrogen-bond acceptors (Lipinski definition) is 3. The summed E-state index contributed by atoms with van der Waals surface area (Å²) in [6.45, 7) is 5.81. The van der Waals surface area contributed by atoms with Crippen LogP contribution in [0.3, 0.4) is 0 Å². The molecule has 0 saturated heterocycles. The second kappa shape index (κ2) is 7.41. The van der Waals surface area contributed by atoms with Crippen LogP contribution in [0, 0.1) is 0 Å². The highest BCUT2D eigenvalue weighted by molar-refractivity contribution is 6.31. The fourth-order valence-corrected chi connectivity index (χ4v) is 1.64. The van der Waals surface area contributed by atoms with E-state index in [0.29, 0.717) is 16.8 Å². The largest absolute Gasteiger partial charge is 0.397 e. The van der Waals surface area contributed by atoms with Crippen LogP contribution in [0.1, 0.15) is 26.7 Å². The first-order chi connectivity index (χ1) is 8.09. The summed E-state index contributed by atoms with van der Waals surface area (Å²) in [4.78, 5) is 0. The van der Waals surface area contributed by atoms with Crippen molar-refractivity contribution in [3.05, 3.63) is 23.2 Å². The zero-order valence-corrected chi connectivity index (χ0v) is 11.3. The van der Waals surface area contributed by atoms with E-state index in [4.69, 9.17) is 22.1 Å². The maximum absolute atomic E-state index is 5.83. The molecule has 4 heteroatoms. The van der Waals surface area contributed by atoms with Crippen molar-refractivity contribution in [3.63, 3.8) is 0 Å². The molecule has 3 nitrogen and oxygen atoms in total. The summed E-state index contributed by atoms with van der Waals surface area (Å²) in [6.07, 6.45) is 2.43. The lowest BCUT2D eigenvalue weighted by atomic mass is 10.2. The highest BCUT2D eigenvalue weighted by Crippen LogP contribution is 2.22. The van der Waals surface area contributed by atoms with E-state index in [2.05, 4.69) is 5.32 Å². The van der Waals surface area contributed by atoms with Gasteiger partial charge in [0.25, 0.3) is 0 Å². The van der Waals surface area contributed by atoms with Gasteiger partial charge in [-0.3, -0.25) is 0 Å². The van der Waals surface area contributed by atoms with Crippen LogP contribution in [-0.4, -0.2) is 19.3 Å². The predicted octanol–water partition coefficient (Wildman–Crippen LogP) is 3.54. The van der Waals surface area contributed by atoms with E-state index < -0.39 is 0 Å². The Morgan fingerprint density at radius 3 is 2.76 bits per heavy atom. The standard InChI is InChI=1S/C13H21ClN2O/c1-10(2)17-8-4-3-7-16-13-6-5-11(14)9-12(13)15/h5-6,9-10,16H,3-4,7-8,15H2,1-2H3. The topological polar surface area (TPSA) is 47.3 Å². The number of nitrogen functional groups attached to an aromatic ring is 1. The fourth-order valence-electron chi connectivity index (χ4n) is 1.46. The van der Waals surface area contributed by atoms with Gasteiger partial charge in [-0.25, -0.2) is 0 Å². The molecule has 17 heavy (non-hydrogen) atoms. The minimum Gasteiger partial charge on any atom is -0.397 e. The molecule has 0 spiro atoms. The summed E-state index contributed by atoms with van der Waals surface area (Å²) in [7, 11) is 0. The van der Waals surface area contributed by atoms with Crippen LogP contribution in [-0.2, 0) is 4.74 Å². The zero-order chi connectivity index (χ0) is 12.7. The normalized spacial score (nSPS) is 10.8. The van der Waals surface area contributed by atoms with Crippen LogP contribution in [0.25, 0.3) is 0 Å². The summed E-state index contributed by atoms with van der Waals surface area (Å²) in [5.74, 6) is 0. The van der Waals surface area contributed by atoms with Crippen LogP contribution >= 0.6 is 11.6 Å². The van der Waals surface area contributed by atoms with E-state index in [-0.39, 0.29) is 0 Å². The maximum atomic E-state index is 5.83. The number of ether oxygens (including phenoxy) is 1. The van der Waals surface area contributed by atoms with Crippen LogP contribution in [0.2, 0.25) is 5.02 Å². The molecule has 96 valence electrons. The number of benzene rings is 1. The third kappa shape index (κ3) is 5.80. The van der Waals surface area contributed by atoms with Crippen molar-refractivity contribution < 1.29 is 4.74 Å². The molecule has 1 rings (SSSR count). The monoisotopic (exact) mass is 256 g/mol. The van der Waals surface area contributed by atoms with Gasteiger partial charge in [-0.2, -0.15) is 0 Å². The minimum absolute atomic E-state index is 0.315. The van der Waals surface area contributed by atoms with Crippen molar-refractivity contribution >= 4 is 23.0 Å². The van der Waals surface area contributed by atoms with Gasteiger partial charge in [0, 0.05) is 18.2 Å². The van der Waals surface area contributed by atoms with Crippen LogP contribution < -0.4 is 11.1 Å². The molecule has 0 aliphatic carbocycles. The molecule has 3 N–H and O–H groups in total. The molecule has 0 unspecified atom stereocenters. The Labute approximate surface area is 108 Å². The van der Waals surface area contributed by atoms with E-state index in [1.54, 1.807) is 6.07 Å². The number of nitrogens with one attached hydrogen (secondary N) is 1. The summed E-state index contributed by atoms with van der Waals surface area (Å²) < 4.78 is 5.46. The Bertz CT molecular complexity index is 342. The molecule has 0 saturated carbocycles. The first-order valence-electron chi connectivity index (χ1n) is 6.00. The van der Waals surface area contributed by atoms with Crippen molar-refractivity contribution in [2.45, 2.75) is 32.8 Å². The van der Waals surface area contributed by atoms with Gasteiger partial charge in [-0.15, -0.1) is 0 Å². The fraction of sp³-hybridized carbons (Fsp3) is 0.538. The Kier molecular flexibility index (Phi) is 6.16. The Morgan fingerprint density at radius 1 is 1.35 bits per heavy atom. The van der Waals surface area contributed by atoms with E-state index in [0.717, 1.165) is 31.7 Å². The van der Waals surface area contributed by atoms with Crippen molar-refractivity contribution in [3.8, 4) is 0 Å². The molecule has 0 fully saturated rings. The molecule has 1 aromatic rings.